The predicted molar refractivity (Wildman–Crippen MR) is 107 cm³/mol. The van der Waals surface area contributed by atoms with E-state index in [1.807, 2.05) is 12.1 Å². The second-order valence-electron chi connectivity index (χ2n) is 6.31. The number of nitrogens with zero attached hydrogens (tertiary/aromatic N) is 4. The second-order valence-corrected chi connectivity index (χ2v) is 6.74. The maximum Gasteiger partial charge on any atom is 0.270 e. The van der Waals surface area contributed by atoms with Gasteiger partial charge in [-0.3, -0.25) is 14.9 Å². The summed E-state index contributed by atoms with van der Waals surface area (Å²) >= 11 is 5.89. The minimum absolute atomic E-state index is 0.133. The lowest BCUT2D eigenvalue weighted by Crippen LogP contribution is -2.25. The summed E-state index contributed by atoms with van der Waals surface area (Å²) in [4.78, 5) is 24.9. The second kappa shape index (κ2) is 8.10. The number of carbonyl (C=O) groups is 1. The first-order valence-electron chi connectivity index (χ1n) is 8.38. The largest absolute Gasteiger partial charge is 0.377 e. The molecule has 28 heavy (non-hydrogen) atoms. The maximum absolute atomic E-state index is 12.6. The average molecular weight is 400 g/mol. The highest BCUT2D eigenvalue weighted by Gasteiger charge is 2.18. The zero-order valence-electron chi connectivity index (χ0n) is 15.3. The molecule has 0 aliphatic carbocycles. The number of halogens is 1. The molecule has 0 fully saturated rings. The van der Waals surface area contributed by atoms with Crippen LogP contribution in [0.4, 0.5) is 11.4 Å². The number of nitro benzene ring substituents is 1. The van der Waals surface area contributed by atoms with Crippen LogP contribution in [0.15, 0.2) is 54.9 Å². The van der Waals surface area contributed by atoms with Crippen molar-refractivity contribution >= 4 is 28.9 Å². The number of aromatic nitrogens is 2. The van der Waals surface area contributed by atoms with Crippen LogP contribution in [-0.4, -0.2) is 34.7 Å². The summed E-state index contributed by atoms with van der Waals surface area (Å²) in [6.45, 7) is 0.238. The Kier molecular flexibility index (Phi) is 5.60. The van der Waals surface area contributed by atoms with Gasteiger partial charge in [0.1, 0.15) is 0 Å². The minimum Gasteiger partial charge on any atom is -0.377 e. The first kappa shape index (κ1) is 19.4. The van der Waals surface area contributed by atoms with Gasteiger partial charge in [0.25, 0.3) is 11.6 Å². The van der Waals surface area contributed by atoms with Crippen LogP contribution in [-0.2, 0) is 6.54 Å². The molecule has 2 aromatic carbocycles. The Morgan fingerprint density at radius 3 is 2.61 bits per heavy atom. The van der Waals surface area contributed by atoms with Crippen molar-refractivity contribution in [2.45, 2.75) is 6.54 Å². The normalized spacial score (nSPS) is 10.5. The Bertz CT molecular complexity index is 1010. The van der Waals surface area contributed by atoms with Crippen molar-refractivity contribution in [2.75, 3.05) is 19.0 Å². The number of nitrogens with one attached hydrogen (secondary N) is 1. The number of nitro groups is 1. The molecule has 0 unspecified atom stereocenters. The van der Waals surface area contributed by atoms with E-state index in [1.165, 1.54) is 12.1 Å². The molecule has 0 saturated heterocycles. The fourth-order valence-electron chi connectivity index (χ4n) is 2.67. The van der Waals surface area contributed by atoms with E-state index in [0.717, 1.165) is 11.3 Å². The van der Waals surface area contributed by atoms with Crippen molar-refractivity contribution in [3.63, 3.8) is 0 Å². The third-order valence-electron chi connectivity index (χ3n) is 4.10. The van der Waals surface area contributed by atoms with Crippen molar-refractivity contribution in [1.82, 2.24) is 15.1 Å². The van der Waals surface area contributed by atoms with Gasteiger partial charge in [-0.05, 0) is 30.3 Å². The molecule has 0 aliphatic rings. The van der Waals surface area contributed by atoms with E-state index in [0.29, 0.717) is 10.7 Å². The van der Waals surface area contributed by atoms with E-state index in [4.69, 9.17) is 11.6 Å². The zero-order chi connectivity index (χ0) is 20.3. The third-order valence-corrected chi connectivity index (χ3v) is 4.35. The molecule has 0 spiro atoms. The van der Waals surface area contributed by atoms with E-state index < -0.39 is 10.8 Å². The van der Waals surface area contributed by atoms with Crippen LogP contribution in [0.3, 0.4) is 0 Å². The lowest BCUT2D eigenvalue weighted by atomic mass is 10.1. The van der Waals surface area contributed by atoms with Crippen LogP contribution in [0.1, 0.15) is 15.9 Å². The molecular formula is C19H18ClN5O3. The maximum atomic E-state index is 12.6. The number of carbonyl (C=O) groups excluding carboxylic acids is 1. The average Bonchev–Trinajstić information content (AvgIpc) is 3.15. The van der Waals surface area contributed by atoms with E-state index >= 15 is 0 Å². The van der Waals surface area contributed by atoms with Gasteiger partial charge in [0.15, 0.2) is 0 Å². The van der Waals surface area contributed by atoms with E-state index in [9.17, 15) is 14.9 Å². The molecular weight excluding hydrogens is 382 g/mol. The number of hydrogen-bond acceptors (Lipinski definition) is 5. The van der Waals surface area contributed by atoms with Gasteiger partial charge in [-0.25, -0.2) is 4.68 Å². The number of benzene rings is 2. The molecule has 1 N–H and O–H groups in total. The molecule has 0 aliphatic heterocycles. The SMILES string of the molecule is CN(C)c1ccc([N+](=O)[O-])cc1C(=O)NCc1cnn(-c2ccc(Cl)cc2)c1. The van der Waals surface area contributed by atoms with Crippen LogP contribution < -0.4 is 10.2 Å². The van der Waals surface area contributed by atoms with Gasteiger partial charge in [0.05, 0.1) is 22.4 Å². The summed E-state index contributed by atoms with van der Waals surface area (Å²) in [6, 6.07) is 11.4. The lowest BCUT2D eigenvalue weighted by Gasteiger charge is -2.16. The van der Waals surface area contributed by atoms with Gasteiger partial charge in [-0.1, -0.05) is 11.6 Å². The quantitative estimate of drug-likeness (QED) is 0.506. The number of rotatable bonds is 6. The highest BCUT2D eigenvalue weighted by molar-refractivity contribution is 6.30. The van der Waals surface area contributed by atoms with Gasteiger partial charge in [0.2, 0.25) is 0 Å². The highest BCUT2D eigenvalue weighted by atomic mass is 35.5. The van der Waals surface area contributed by atoms with Crippen LogP contribution in [0.25, 0.3) is 5.69 Å². The summed E-state index contributed by atoms with van der Waals surface area (Å²) in [5.41, 5.74) is 2.34. The molecule has 8 nitrogen and oxygen atoms in total. The molecule has 9 heteroatoms. The molecule has 0 radical (unpaired) electrons. The van der Waals surface area contributed by atoms with Gasteiger partial charge < -0.3 is 10.2 Å². The molecule has 144 valence electrons. The summed E-state index contributed by atoms with van der Waals surface area (Å²) in [7, 11) is 3.54. The lowest BCUT2D eigenvalue weighted by molar-refractivity contribution is -0.384. The number of hydrogen-bond donors (Lipinski definition) is 1. The molecule has 3 rings (SSSR count). The van der Waals surface area contributed by atoms with Crippen molar-refractivity contribution < 1.29 is 9.72 Å². The Morgan fingerprint density at radius 2 is 1.96 bits per heavy atom. The molecule has 0 saturated carbocycles. The van der Waals surface area contributed by atoms with Crippen molar-refractivity contribution in [2.24, 2.45) is 0 Å². The van der Waals surface area contributed by atoms with E-state index in [1.54, 1.807) is 54.3 Å². The third kappa shape index (κ3) is 4.29. The fraction of sp³-hybridized carbons (Fsp3) is 0.158. The van der Waals surface area contributed by atoms with Crippen molar-refractivity contribution in [3.8, 4) is 5.69 Å². The summed E-state index contributed by atoms with van der Waals surface area (Å²) in [6.07, 6.45) is 3.44. The van der Waals surface area contributed by atoms with Crippen LogP contribution in [0, 0.1) is 10.1 Å². The zero-order valence-corrected chi connectivity index (χ0v) is 16.1. The van der Waals surface area contributed by atoms with Gasteiger partial charge in [-0.15, -0.1) is 0 Å². The highest BCUT2D eigenvalue weighted by Crippen LogP contribution is 2.24. The first-order chi connectivity index (χ1) is 13.3. The molecule has 1 heterocycles. The number of amides is 1. The summed E-state index contributed by atoms with van der Waals surface area (Å²) in [5.74, 6) is -0.397. The number of non-ortho nitro benzene ring substituents is 1. The fourth-order valence-corrected chi connectivity index (χ4v) is 2.80. The van der Waals surface area contributed by atoms with Gasteiger partial charge >= 0.3 is 0 Å². The Morgan fingerprint density at radius 1 is 1.25 bits per heavy atom. The first-order valence-corrected chi connectivity index (χ1v) is 8.76. The minimum atomic E-state index is -0.521. The van der Waals surface area contributed by atoms with Crippen molar-refractivity contribution in [3.05, 3.63) is 81.1 Å². The topological polar surface area (TPSA) is 93.3 Å². The van der Waals surface area contributed by atoms with Gasteiger partial charge in [-0.2, -0.15) is 5.10 Å². The monoisotopic (exact) mass is 399 g/mol. The standard InChI is InChI=1S/C19H18ClN5O3/c1-23(2)18-8-7-16(25(27)28)9-17(18)19(26)21-10-13-11-22-24(12-13)15-5-3-14(20)4-6-15/h3-9,11-12H,10H2,1-2H3,(H,21,26). The van der Waals surface area contributed by atoms with Gasteiger partial charge in [0, 0.05) is 55.2 Å². The van der Waals surface area contributed by atoms with E-state index in [2.05, 4.69) is 10.4 Å². The molecule has 0 bridgehead atoms. The predicted octanol–water partition coefficient (Wildman–Crippen LogP) is 3.43. The molecule has 1 amide bonds. The van der Waals surface area contributed by atoms with Crippen molar-refractivity contribution in [1.29, 1.82) is 0 Å². The Balaban J connectivity index is 1.75. The summed E-state index contributed by atoms with van der Waals surface area (Å²) < 4.78 is 1.68. The van der Waals surface area contributed by atoms with Crippen LogP contribution >= 0.6 is 11.6 Å². The summed E-state index contributed by atoms with van der Waals surface area (Å²) in [5, 5.41) is 18.7. The van der Waals surface area contributed by atoms with Crippen LogP contribution in [0.2, 0.25) is 5.02 Å². The van der Waals surface area contributed by atoms with E-state index in [-0.39, 0.29) is 17.8 Å². The number of anilines is 1. The smallest absolute Gasteiger partial charge is 0.270 e. The molecule has 0 atom stereocenters. The Labute approximate surface area is 166 Å². The van der Waals surface area contributed by atoms with Crippen LogP contribution in [0.5, 0.6) is 0 Å². The Hall–Kier alpha value is -3.39. The molecule has 3 aromatic rings. The molecule has 1 aromatic heterocycles.